The summed E-state index contributed by atoms with van der Waals surface area (Å²) in [6, 6.07) is 10.2. The molecule has 2 aromatic carbocycles. The van der Waals surface area contributed by atoms with Crippen molar-refractivity contribution in [2.45, 2.75) is 38.5 Å². The topological polar surface area (TPSA) is 83.1 Å². The lowest BCUT2D eigenvalue weighted by Gasteiger charge is -2.25. The van der Waals surface area contributed by atoms with Crippen LogP contribution >= 0.6 is 11.3 Å². The summed E-state index contributed by atoms with van der Waals surface area (Å²) in [6.07, 6.45) is 1.76. The van der Waals surface area contributed by atoms with Crippen molar-refractivity contribution in [2.75, 3.05) is 51.3 Å². The summed E-state index contributed by atoms with van der Waals surface area (Å²) < 4.78 is 33.8. The summed E-state index contributed by atoms with van der Waals surface area (Å²) in [7, 11) is -1.92. The van der Waals surface area contributed by atoms with Gasteiger partial charge in [-0.15, -0.1) is 0 Å². The van der Waals surface area contributed by atoms with Crippen molar-refractivity contribution in [3.05, 3.63) is 47.5 Å². The molecule has 0 radical (unpaired) electrons. The number of hydrogen-bond donors (Lipinski definition) is 0. The van der Waals surface area contributed by atoms with Crippen LogP contribution < -0.4 is 9.64 Å². The number of aryl methyl sites for hydroxylation is 1. The number of hydrogen-bond acceptors (Lipinski definition) is 7. The highest BCUT2D eigenvalue weighted by molar-refractivity contribution is 7.89. The molecule has 10 heteroatoms. The molecule has 1 fully saturated rings. The third kappa shape index (κ3) is 5.27. The van der Waals surface area contributed by atoms with Crippen molar-refractivity contribution in [3.63, 3.8) is 0 Å². The zero-order chi connectivity index (χ0) is 25.9. The number of ether oxygens (including phenoxy) is 1. The van der Waals surface area contributed by atoms with Gasteiger partial charge in [0.1, 0.15) is 11.3 Å². The van der Waals surface area contributed by atoms with Crippen LogP contribution in [0.15, 0.2) is 41.3 Å². The minimum atomic E-state index is -3.53. The van der Waals surface area contributed by atoms with Gasteiger partial charge in [-0.3, -0.25) is 9.69 Å². The Morgan fingerprint density at radius 1 is 1.06 bits per heavy atom. The molecule has 194 valence electrons. The van der Waals surface area contributed by atoms with Gasteiger partial charge in [-0.25, -0.2) is 13.4 Å². The van der Waals surface area contributed by atoms with Crippen LogP contribution in [0.5, 0.6) is 5.75 Å². The maximum absolute atomic E-state index is 13.8. The zero-order valence-electron chi connectivity index (χ0n) is 21.4. The van der Waals surface area contributed by atoms with Gasteiger partial charge in [-0.2, -0.15) is 4.31 Å². The molecule has 0 spiro atoms. The molecule has 1 saturated heterocycles. The molecule has 1 aromatic heterocycles. The van der Waals surface area contributed by atoms with E-state index in [0.29, 0.717) is 42.6 Å². The van der Waals surface area contributed by atoms with Crippen molar-refractivity contribution < 1.29 is 17.9 Å². The van der Waals surface area contributed by atoms with E-state index in [-0.39, 0.29) is 10.8 Å². The molecule has 0 aliphatic carbocycles. The molecule has 3 aromatic rings. The highest BCUT2D eigenvalue weighted by Crippen LogP contribution is 2.37. The van der Waals surface area contributed by atoms with Gasteiger partial charge in [0.15, 0.2) is 5.13 Å². The quantitative estimate of drug-likeness (QED) is 0.387. The van der Waals surface area contributed by atoms with Crippen molar-refractivity contribution >= 4 is 42.6 Å². The largest absolute Gasteiger partial charge is 0.494 e. The lowest BCUT2D eigenvalue weighted by molar-refractivity contribution is 0.0983. The number of nitrogens with zero attached hydrogens (tertiary/aromatic N) is 4. The van der Waals surface area contributed by atoms with Crippen molar-refractivity contribution in [1.29, 1.82) is 0 Å². The molecule has 36 heavy (non-hydrogen) atoms. The minimum Gasteiger partial charge on any atom is -0.494 e. The molecular weight excluding hydrogens is 496 g/mol. The molecule has 4 rings (SSSR count). The Hall–Kier alpha value is -2.53. The first-order chi connectivity index (χ1) is 17.3. The fourth-order valence-corrected chi connectivity index (χ4v) is 7.04. The summed E-state index contributed by atoms with van der Waals surface area (Å²) in [5, 5.41) is 0.600. The minimum absolute atomic E-state index is 0.206. The van der Waals surface area contributed by atoms with E-state index in [1.807, 2.05) is 19.1 Å². The van der Waals surface area contributed by atoms with E-state index < -0.39 is 10.0 Å². The number of methoxy groups -OCH3 is 1. The Bertz CT molecular complexity index is 1310. The molecule has 0 atom stereocenters. The third-order valence-corrected chi connectivity index (χ3v) is 9.85. The molecule has 0 unspecified atom stereocenters. The predicted octanol–water partition coefficient (Wildman–Crippen LogP) is 4.39. The summed E-state index contributed by atoms with van der Waals surface area (Å²) in [5.41, 5.74) is 2.24. The van der Waals surface area contributed by atoms with Crippen LogP contribution in [-0.2, 0) is 10.0 Å². The molecule has 2 heterocycles. The summed E-state index contributed by atoms with van der Waals surface area (Å²) in [5.74, 6) is 0.466. The SMILES string of the molecule is CCN(CC)CCN(C(=O)c1ccc(S(=O)(=O)N2CCCC2)cc1)c1nc2c(OC)ccc(C)c2s1. The van der Waals surface area contributed by atoms with E-state index >= 15 is 0 Å². The number of rotatable bonds is 10. The third-order valence-electron chi connectivity index (χ3n) is 6.73. The van der Waals surface area contributed by atoms with Gasteiger partial charge in [-0.05, 0) is 68.8 Å². The number of benzene rings is 2. The first-order valence-corrected chi connectivity index (χ1v) is 14.6. The first kappa shape index (κ1) is 26.5. The predicted molar refractivity (Wildman–Crippen MR) is 145 cm³/mol. The van der Waals surface area contributed by atoms with Crippen LogP contribution in [0.4, 0.5) is 5.13 Å². The van der Waals surface area contributed by atoms with Crippen molar-refractivity contribution in [1.82, 2.24) is 14.2 Å². The van der Waals surface area contributed by atoms with Crippen LogP contribution in [-0.4, -0.2) is 74.9 Å². The molecule has 8 nitrogen and oxygen atoms in total. The summed E-state index contributed by atoms with van der Waals surface area (Å²) in [6.45, 7) is 10.2. The van der Waals surface area contributed by atoms with Gasteiger partial charge >= 0.3 is 0 Å². The van der Waals surface area contributed by atoms with Gasteiger partial charge in [0.05, 0.1) is 16.7 Å². The van der Waals surface area contributed by atoms with E-state index in [2.05, 4.69) is 18.7 Å². The molecule has 1 aliphatic rings. The molecule has 1 aliphatic heterocycles. The van der Waals surface area contributed by atoms with E-state index in [9.17, 15) is 13.2 Å². The number of carbonyl (C=O) groups excluding carboxylic acids is 1. The number of anilines is 1. The van der Waals surface area contributed by atoms with Crippen molar-refractivity contribution in [2.24, 2.45) is 0 Å². The Labute approximate surface area is 217 Å². The zero-order valence-corrected chi connectivity index (χ0v) is 23.0. The Kier molecular flexibility index (Phi) is 8.29. The summed E-state index contributed by atoms with van der Waals surface area (Å²) in [4.78, 5) is 22.7. The number of fused-ring (bicyclic) bond motifs is 1. The first-order valence-electron chi connectivity index (χ1n) is 12.4. The van der Waals surface area contributed by atoms with Crippen LogP contribution in [0.25, 0.3) is 10.2 Å². The Morgan fingerprint density at radius 2 is 1.72 bits per heavy atom. The second-order valence-corrected chi connectivity index (χ2v) is 11.8. The monoisotopic (exact) mass is 530 g/mol. The van der Waals surface area contributed by atoms with E-state index in [1.54, 1.807) is 24.1 Å². The molecule has 0 N–H and O–H groups in total. The van der Waals surface area contributed by atoms with Crippen LogP contribution in [0, 0.1) is 6.92 Å². The van der Waals surface area contributed by atoms with Crippen LogP contribution in [0.1, 0.15) is 42.6 Å². The normalized spacial score (nSPS) is 14.6. The van der Waals surface area contributed by atoms with Gasteiger partial charge < -0.3 is 9.64 Å². The van der Waals surface area contributed by atoms with Gasteiger partial charge in [0, 0.05) is 31.7 Å². The van der Waals surface area contributed by atoms with E-state index in [0.717, 1.165) is 41.7 Å². The molecular formula is C26H34N4O4S2. The molecule has 1 amide bonds. The number of thiazole rings is 1. The number of sulfonamides is 1. The van der Waals surface area contributed by atoms with Gasteiger partial charge in [0.25, 0.3) is 5.91 Å². The Morgan fingerprint density at radius 3 is 2.33 bits per heavy atom. The standard InChI is InChI=1S/C26H34N4O4S2/c1-5-28(6-2)17-18-30(26-27-23-22(34-4)14-9-19(3)24(23)35-26)25(31)20-10-12-21(13-11-20)36(32,33)29-15-7-8-16-29/h9-14H,5-8,15-18H2,1-4H3. The molecule has 0 bridgehead atoms. The van der Waals surface area contributed by atoms with E-state index in [1.165, 1.54) is 27.8 Å². The molecule has 0 saturated carbocycles. The van der Waals surface area contributed by atoms with Crippen LogP contribution in [0.3, 0.4) is 0 Å². The number of aromatic nitrogens is 1. The number of carbonyl (C=O) groups is 1. The Balaban J connectivity index is 1.67. The van der Waals surface area contributed by atoms with E-state index in [4.69, 9.17) is 9.72 Å². The second-order valence-electron chi connectivity index (χ2n) is 8.88. The maximum Gasteiger partial charge on any atom is 0.260 e. The summed E-state index contributed by atoms with van der Waals surface area (Å²) >= 11 is 1.47. The highest BCUT2D eigenvalue weighted by atomic mass is 32.2. The van der Waals surface area contributed by atoms with Gasteiger partial charge in [-0.1, -0.05) is 31.3 Å². The van der Waals surface area contributed by atoms with Gasteiger partial charge in [0.2, 0.25) is 10.0 Å². The second kappa shape index (κ2) is 11.2. The van der Waals surface area contributed by atoms with Crippen LogP contribution in [0.2, 0.25) is 0 Å². The van der Waals surface area contributed by atoms with Crippen molar-refractivity contribution in [3.8, 4) is 5.75 Å². The lowest BCUT2D eigenvalue weighted by Crippen LogP contribution is -2.38. The number of amides is 1. The highest BCUT2D eigenvalue weighted by Gasteiger charge is 2.28. The smallest absolute Gasteiger partial charge is 0.260 e. The lowest BCUT2D eigenvalue weighted by atomic mass is 10.2. The average Bonchev–Trinajstić information content (AvgIpc) is 3.59. The average molecular weight is 531 g/mol. The fourth-order valence-electron chi connectivity index (χ4n) is 4.45. The number of likely N-dealkylation sites (N-methyl/N-ethyl adjacent to an activating group) is 1. The fraction of sp³-hybridized carbons (Fsp3) is 0.462. The maximum atomic E-state index is 13.8.